The first-order valence-corrected chi connectivity index (χ1v) is 6.80. The molecule has 1 aromatic rings. The van der Waals surface area contributed by atoms with Crippen LogP contribution < -0.4 is 0 Å². The number of aliphatic hydroxyl groups excluding tert-OH is 1. The molecule has 0 amide bonds. The van der Waals surface area contributed by atoms with Crippen molar-refractivity contribution in [3.63, 3.8) is 0 Å². The second-order valence-electron chi connectivity index (χ2n) is 4.95. The van der Waals surface area contributed by atoms with E-state index in [9.17, 15) is 5.11 Å². The van der Waals surface area contributed by atoms with E-state index >= 15 is 0 Å². The highest BCUT2D eigenvalue weighted by molar-refractivity contribution is 5.19. The number of aliphatic hydroxyl groups is 1. The van der Waals surface area contributed by atoms with E-state index in [1.54, 1.807) is 0 Å². The summed E-state index contributed by atoms with van der Waals surface area (Å²) in [6.07, 6.45) is 4.43. The molecule has 0 unspecified atom stereocenters. The Kier molecular flexibility index (Phi) is 4.57. The van der Waals surface area contributed by atoms with Crippen LogP contribution in [-0.4, -0.2) is 29.1 Å². The number of likely N-dealkylation sites (tertiary alicyclic amines) is 1. The SMILES string of the molecule is CCC[C@H]([C@@H](O)c1ccccc1)N1CCCC1. The summed E-state index contributed by atoms with van der Waals surface area (Å²) in [6, 6.07) is 10.4. The average molecular weight is 233 g/mol. The lowest BCUT2D eigenvalue weighted by molar-refractivity contribution is 0.0558. The smallest absolute Gasteiger partial charge is 0.0945 e. The number of benzene rings is 1. The van der Waals surface area contributed by atoms with Crippen LogP contribution in [0.1, 0.15) is 44.3 Å². The molecule has 0 aliphatic carbocycles. The molecule has 1 aliphatic rings. The van der Waals surface area contributed by atoms with Crippen LogP contribution in [0.15, 0.2) is 30.3 Å². The third-order valence-corrected chi connectivity index (χ3v) is 3.70. The quantitative estimate of drug-likeness (QED) is 0.845. The monoisotopic (exact) mass is 233 g/mol. The molecular formula is C15H23NO. The minimum atomic E-state index is -0.339. The summed E-state index contributed by atoms with van der Waals surface area (Å²) < 4.78 is 0. The van der Waals surface area contributed by atoms with Gasteiger partial charge in [0, 0.05) is 6.04 Å². The van der Waals surface area contributed by atoms with Gasteiger partial charge in [-0.3, -0.25) is 4.90 Å². The molecule has 94 valence electrons. The van der Waals surface area contributed by atoms with Crippen LogP contribution in [-0.2, 0) is 0 Å². The van der Waals surface area contributed by atoms with Gasteiger partial charge in [-0.2, -0.15) is 0 Å². The average Bonchev–Trinajstić information content (AvgIpc) is 2.90. The molecule has 2 rings (SSSR count). The topological polar surface area (TPSA) is 23.5 Å². The highest BCUT2D eigenvalue weighted by atomic mass is 16.3. The zero-order valence-corrected chi connectivity index (χ0v) is 10.7. The Morgan fingerprint density at radius 1 is 1.18 bits per heavy atom. The summed E-state index contributed by atoms with van der Waals surface area (Å²) in [6.45, 7) is 4.49. The van der Waals surface area contributed by atoms with E-state index in [2.05, 4.69) is 11.8 Å². The number of rotatable bonds is 5. The third-order valence-electron chi connectivity index (χ3n) is 3.70. The molecule has 1 aromatic carbocycles. The molecule has 0 saturated carbocycles. The molecular weight excluding hydrogens is 210 g/mol. The van der Waals surface area contributed by atoms with Crippen molar-refractivity contribution in [3.8, 4) is 0 Å². The van der Waals surface area contributed by atoms with Crippen LogP contribution in [0.25, 0.3) is 0 Å². The van der Waals surface area contributed by atoms with E-state index in [0.29, 0.717) is 6.04 Å². The molecule has 2 atom stereocenters. The molecule has 1 aliphatic heterocycles. The van der Waals surface area contributed by atoms with Crippen molar-refractivity contribution < 1.29 is 5.11 Å². The fourth-order valence-corrected chi connectivity index (χ4v) is 2.78. The Hall–Kier alpha value is -0.860. The molecule has 1 fully saturated rings. The maximum Gasteiger partial charge on any atom is 0.0945 e. The molecule has 0 spiro atoms. The second kappa shape index (κ2) is 6.18. The van der Waals surface area contributed by atoms with Crippen LogP contribution in [0, 0.1) is 0 Å². The predicted octanol–water partition coefficient (Wildman–Crippen LogP) is 2.98. The largest absolute Gasteiger partial charge is 0.387 e. The molecule has 1 N–H and O–H groups in total. The predicted molar refractivity (Wildman–Crippen MR) is 70.9 cm³/mol. The van der Waals surface area contributed by atoms with Gasteiger partial charge in [0.05, 0.1) is 6.10 Å². The van der Waals surface area contributed by atoms with Crippen molar-refractivity contribution in [3.05, 3.63) is 35.9 Å². The molecule has 17 heavy (non-hydrogen) atoms. The lowest BCUT2D eigenvalue weighted by atomic mass is 9.97. The van der Waals surface area contributed by atoms with Gasteiger partial charge in [0.15, 0.2) is 0 Å². The van der Waals surface area contributed by atoms with E-state index in [4.69, 9.17) is 0 Å². The van der Waals surface area contributed by atoms with E-state index in [0.717, 1.165) is 31.5 Å². The molecule has 0 bridgehead atoms. The van der Waals surface area contributed by atoms with E-state index in [-0.39, 0.29) is 6.10 Å². The Morgan fingerprint density at radius 3 is 2.41 bits per heavy atom. The van der Waals surface area contributed by atoms with Gasteiger partial charge < -0.3 is 5.11 Å². The lowest BCUT2D eigenvalue weighted by Crippen LogP contribution is -2.37. The Morgan fingerprint density at radius 2 is 1.82 bits per heavy atom. The molecule has 0 aromatic heterocycles. The summed E-state index contributed by atoms with van der Waals surface area (Å²) in [5.74, 6) is 0. The first-order valence-electron chi connectivity index (χ1n) is 6.80. The fraction of sp³-hybridized carbons (Fsp3) is 0.600. The summed E-state index contributed by atoms with van der Waals surface area (Å²) >= 11 is 0. The maximum atomic E-state index is 10.5. The normalized spacial score (nSPS) is 20.4. The minimum Gasteiger partial charge on any atom is -0.387 e. The van der Waals surface area contributed by atoms with Gasteiger partial charge in [0.25, 0.3) is 0 Å². The van der Waals surface area contributed by atoms with Gasteiger partial charge in [-0.15, -0.1) is 0 Å². The number of hydrogen-bond donors (Lipinski definition) is 1. The van der Waals surface area contributed by atoms with Crippen molar-refractivity contribution in [1.82, 2.24) is 4.90 Å². The minimum absolute atomic E-state index is 0.296. The molecule has 2 heteroatoms. The van der Waals surface area contributed by atoms with Crippen LogP contribution >= 0.6 is 0 Å². The summed E-state index contributed by atoms with van der Waals surface area (Å²) in [5.41, 5.74) is 1.05. The Bertz CT molecular complexity index is 319. The van der Waals surface area contributed by atoms with Crippen LogP contribution in [0.3, 0.4) is 0 Å². The summed E-state index contributed by atoms with van der Waals surface area (Å²) in [5, 5.41) is 10.5. The van der Waals surface area contributed by atoms with Gasteiger partial charge in [-0.1, -0.05) is 43.7 Å². The van der Waals surface area contributed by atoms with Crippen LogP contribution in [0.2, 0.25) is 0 Å². The van der Waals surface area contributed by atoms with Gasteiger partial charge in [-0.05, 0) is 37.9 Å². The van der Waals surface area contributed by atoms with E-state index in [1.807, 2.05) is 30.3 Å². The number of hydrogen-bond acceptors (Lipinski definition) is 2. The van der Waals surface area contributed by atoms with Crippen molar-refractivity contribution in [2.75, 3.05) is 13.1 Å². The van der Waals surface area contributed by atoms with Gasteiger partial charge >= 0.3 is 0 Å². The summed E-state index contributed by atoms with van der Waals surface area (Å²) in [4.78, 5) is 2.46. The van der Waals surface area contributed by atoms with Crippen LogP contribution in [0.5, 0.6) is 0 Å². The zero-order chi connectivity index (χ0) is 12.1. The van der Waals surface area contributed by atoms with Crippen molar-refractivity contribution in [1.29, 1.82) is 0 Å². The second-order valence-corrected chi connectivity index (χ2v) is 4.95. The lowest BCUT2D eigenvalue weighted by Gasteiger charge is -2.31. The first kappa shape index (κ1) is 12.6. The van der Waals surface area contributed by atoms with Gasteiger partial charge in [0.2, 0.25) is 0 Å². The molecule has 1 saturated heterocycles. The summed E-state index contributed by atoms with van der Waals surface area (Å²) in [7, 11) is 0. The Balaban J connectivity index is 2.09. The molecule has 0 radical (unpaired) electrons. The van der Waals surface area contributed by atoms with Crippen molar-refractivity contribution in [2.24, 2.45) is 0 Å². The highest BCUT2D eigenvalue weighted by Gasteiger charge is 2.28. The maximum absolute atomic E-state index is 10.5. The van der Waals surface area contributed by atoms with Gasteiger partial charge in [0.1, 0.15) is 0 Å². The van der Waals surface area contributed by atoms with Gasteiger partial charge in [-0.25, -0.2) is 0 Å². The van der Waals surface area contributed by atoms with Crippen molar-refractivity contribution in [2.45, 2.75) is 44.8 Å². The van der Waals surface area contributed by atoms with E-state index < -0.39 is 0 Å². The number of nitrogens with zero attached hydrogens (tertiary/aromatic N) is 1. The fourth-order valence-electron chi connectivity index (χ4n) is 2.78. The highest BCUT2D eigenvalue weighted by Crippen LogP contribution is 2.27. The first-order chi connectivity index (χ1) is 8.33. The molecule has 1 heterocycles. The Labute approximate surface area is 104 Å². The van der Waals surface area contributed by atoms with Crippen molar-refractivity contribution >= 4 is 0 Å². The zero-order valence-electron chi connectivity index (χ0n) is 10.7. The van der Waals surface area contributed by atoms with Crippen LogP contribution in [0.4, 0.5) is 0 Å². The third kappa shape index (κ3) is 3.08. The standard InChI is InChI=1S/C15H23NO/c1-2-8-14(16-11-6-7-12-16)15(17)13-9-4-3-5-10-13/h3-5,9-10,14-15,17H,2,6-8,11-12H2,1H3/t14-,15+/m1/s1. The molecule has 2 nitrogen and oxygen atoms in total. The van der Waals surface area contributed by atoms with E-state index in [1.165, 1.54) is 12.8 Å².